The molecule has 1 aromatic rings. The van der Waals surface area contributed by atoms with Crippen LogP contribution in [0.2, 0.25) is 0 Å². The summed E-state index contributed by atoms with van der Waals surface area (Å²) >= 11 is 0. The van der Waals surface area contributed by atoms with E-state index in [2.05, 4.69) is 0 Å². The molecule has 0 atom stereocenters. The predicted octanol–water partition coefficient (Wildman–Crippen LogP) is 3.31. The Balaban J connectivity index is 2.75. The van der Waals surface area contributed by atoms with Crippen LogP contribution in [0.1, 0.15) is 25.3 Å². The molecule has 0 aliphatic rings. The maximum absolute atomic E-state index is 12.9. The molecule has 1 rings (SSSR count). The lowest BCUT2D eigenvalue weighted by molar-refractivity contribution is 0.580. The average molecular weight is 170 g/mol. The van der Waals surface area contributed by atoms with Gasteiger partial charge in [0.25, 0.3) is 0 Å². The van der Waals surface area contributed by atoms with Gasteiger partial charge in [-0.3, -0.25) is 0 Å². The molecule has 12 heavy (non-hydrogen) atoms. The summed E-state index contributed by atoms with van der Waals surface area (Å²) in [4.78, 5) is 0. The molecule has 0 amide bonds. The van der Waals surface area contributed by atoms with Gasteiger partial charge in [-0.05, 0) is 36.6 Å². The first kappa shape index (κ1) is 9.17. The number of hydrogen-bond acceptors (Lipinski definition) is 0. The third-order valence-corrected chi connectivity index (χ3v) is 1.81. The lowest BCUT2D eigenvalue weighted by Gasteiger charge is -2.01. The van der Waals surface area contributed by atoms with Crippen LogP contribution in [0.25, 0.3) is 0 Å². The van der Waals surface area contributed by atoms with Gasteiger partial charge in [-0.15, -0.1) is 0 Å². The molecule has 0 saturated heterocycles. The molecule has 0 spiro atoms. The average Bonchev–Trinajstić information content (AvgIpc) is 2.07. The van der Waals surface area contributed by atoms with E-state index in [1.165, 1.54) is 12.1 Å². The molecule has 66 valence electrons. The smallest absolute Gasteiger partial charge is 0.126 e. The van der Waals surface area contributed by atoms with E-state index in [1.807, 2.05) is 6.92 Å². The Labute approximate surface area is 71.2 Å². The Bertz CT molecular complexity index is 256. The van der Waals surface area contributed by atoms with E-state index < -0.39 is 0 Å². The van der Waals surface area contributed by atoms with E-state index in [9.17, 15) is 8.78 Å². The molecule has 2 heteroatoms. The molecule has 0 N–H and O–H groups in total. The van der Waals surface area contributed by atoms with Crippen molar-refractivity contribution in [1.82, 2.24) is 0 Å². The number of benzene rings is 1. The maximum atomic E-state index is 12.9. The molecule has 0 aromatic heterocycles. The highest BCUT2D eigenvalue weighted by Crippen LogP contribution is 2.12. The highest BCUT2D eigenvalue weighted by molar-refractivity contribution is 5.18. The molecule has 0 aliphatic carbocycles. The second-order valence-electron chi connectivity index (χ2n) is 2.84. The fourth-order valence-corrected chi connectivity index (χ4v) is 1.10. The number of unbranched alkanes of at least 4 members (excludes halogenated alkanes) is 1. The van der Waals surface area contributed by atoms with Gasteiger partial charge in [0.1, 0.15) is 11.6 Å². The van der Waals surface area contributed by atoms with Crippen molar-refractivity contribution in [2.75, 3.05) is 0 Å². The molecule has 0 fully saturated rings. The zero-order valence-electron chi connectivity index (χ0n) is 7.11. The summed E-state index contributed by atoms with van der Waals surface area (Å²) in [5.74, 6) is -0.660. The van der Waals surface area contributed by atoms with Gasteiger partial charge in [-0.1, -0.05) is 13.3 Å². The van der Waals surface area contributed by atoms with E-state index >= 15 is 0 Å². The Morgan fingerprint density at radius 1 is 1.25 bits per heavy atom. The molecule has 0 bridgehead atoms. The van der Waals surface area contributed by atoms with Gasteiger partial charge in [0.05, 0.1) is 0 Å². The number of hydrogen-bond donors (Lipinski definition) is 0. The van der Waals surface area contributed by atoms with E-state index in [4.69, 9.17) is 0 Å². The van der Waals surface area contributed by atoms with E-state index in [-0.39, 0.29) is 11.6 Å². The SMILES string of the molecule is CCCCc1cc(F)ccc1F. The van der Waals surface area contributed by atoms with Crippen LogP contribution in [-0.2, 0) is 6.42 Å². The van der Waals surface area contributed by atoms with Crippen molar-refractivity contribution >= 4 is 0 Å². The van der Waals surface area contributed by atoms with Gasteiger partial charge < -0.3 is 0 Å². The second-order valence-corrected chi connectivity index (χ2v) is 2.84. The van der Waals surface area contributed by atoms with Crippen molar-refractivity contribution in [1.29, 1.82) is 0 Å². The fourth-order valence-electron chi connectivity index (χ4n) is 1.10. The minimum absolute atomic E-state index is 0.301. The third kappa shape index (κ3) is 2.29. The Kier molecular flexibility index (Phi) is 3.20. The van der Waals surface area contributed by atoms with Crippen molar-refractivity contribution in [3.05, 3.63) is 35.4 Å². The van der Waals surface area contributed by atoms with E-state index in [0.29, 0.717) is 12.0 Å². The number of aryl methyl sites for hydroxylation is 1. The Morgan fingerprint density at radius 2 is 2.00 bits per heavy atom. The first-order valence-corrected chi connectivity index (χ1v) is 4.18. The van der Waals surface area contributed by atoms with Gasteiger partial charge in [-0.2, -0.15) is 0 Å². The first-order chi connectivity index (χ1) is 5.74. The van der Waals surface area contributed by atoms with Crippen molar-refractivity contribution in [2.24, 2.45) is 0 Å². The van der Waals surface area contributed by atoms with Crippen LogP contribution in [0, 0.1) is 11.6 Å². The molecule has 0 nitrogen and oxygen atoms in total. The number of halogens is 2. The van der Waals surface area contributed by atoms with Crippen LogP contribution < -0.4 is 0 Å². The first-order valence-electron chi connectivity index (χ1n) is 4.18. The monoisotopic (exact) mass is 170 g/mol. The molecule has 0 heterocycles. The van der Waals surface area contributed by atoms with Crippen LogP contribution in [0.4, 0.5) is 8.78 Å². The lowest BCUT2D eigenvalue weighted by atomic mass is 10.1. The fraction of sp³-hybridized carbons (Fsp3) is 0.400. The molecule has 0 unspecified atom stereocenters. The summed E-state index contributed by atoms with van der Waals surface area (Å²) < 4.78 is 25.5. The molecule has 0 aliphatic heterocycles. The normalized spacial score (nSPS) is 10.2. The maximum Gasteiger partial charge on any atom is 0.126 e. The molecule has 0 radical (unpaired) electrons. The summed E-state index contributed by atoms with van der Waals surface area (Å²) in [5.41, 5.74) is 0.483. The standard InChI is InChI=1S/C10H12F2/c1-2-3-4-8-7-9(11)5-6-10(8)12/h5-7H,2-4H2,1H3. The summed E-state index contributed by atoms with van der Waals surface area (Å²) in [6, 6.07) is 3.59. The van der Waals surface area contributed by atoms with E-state index in [0.717, 1.165) is 18.9 Å². The van der Waals surface area contributed by atoms with Crippen LogP contribution in [0.3, 0.4) is 0 Å². The highest BCUT2D eigenvalue weighted by atomic mass is 19.1. The van der Waals surface area contributed by atoms with Crippen molar-refractivity contribution in [3.63, 3.8) is 0 Å². The second kappa shape index (κ2) is 4.19. The minimum Gasteiger partial charge on any atom is -0.207 e. The molecule has 0 saturated carbocycles. The van der Waals surface area contributed by atoms with Gasteiger partial charge in [0.15, 0.2) is 0 Å². The van der Waals surface area contributed by atoms with Gasteiger partial charge in [-0.25, -0.2) is 8.78 Å². The summed E-state index contributed by atoms with van der Waals surface area (Å²) in [6.45, 7) is 2.03. The van der Waals surface area contributed by atoms with Gasteiger partial charge in [0.2, 0.25) is 0 Å². The zero-order valence-corrected chi connectivity index (χ0v) is 7.11. The lowest BCUT2D eigenvalue weighted by Crippen LogP contribution is -1.91. The minimum atomic E-state index is -0.359. The Hall–Kier alpha value is -0.920. The topological polar surface area (TPSA) is 0 Å². The quantitative estimate of drug-likeness (QED) is 0.652. The summed E-state index contributed by atoms with van der Waals surface area (Å²) in [7, 11) is 0. The van der Waals surface area contributed by atoms with Gasteiger partial charge >= 0.3 is 0 Å². The largest absolute Gasteiger partial charge is 0.207 e. The summed E-state index contributed by atoms with van der Waals surface area (Å²) in [5, 5.41) is 0. The van der Waals surface area contributed by atoms with Crippen LogP contribution in [0.15, 0.2) is 18.2 Å². The molecular formula is C10H12F2. The van der Waals surface area contributed by atoms with E-state index in [1.54, 1.807) is 0 Å². The van der Waals surface area contributed by atoms with Crippen molar-refractivity contribution in [2.45, 2.75) is 26.2 Å². The third-order valence-electron chi connectivity index (χ3n) is 1.81. The van der Waals surface area contributed by atoms with Crippen molar-refractivity contribution in [3.8, 4) is 0 Å². The van der Waals surface area contributed by atoms with Crippen LogP contribution >= 0.6 is 0 Å². The number of rotatable bonds is 3. The zero-order chi connectivity index (χ0) is 8.97. The van der Waals surface area contributed by atoms with Crippen LogP contribution in [0.5, 0.6) is 0 Å². The van der Waals surface area contributed by atoms with Gasteiger partial charge in [0, 0.05) is 0 Å². The predicted molar refractivity (Wildman–Crippen MR) is 45.0 cm³/mol. The van der Waals surface area contributed by atoms with Crippen LogP contribution in [-0.4, -0.2) is 0 Å². The molecule has 1 aromatic carbocycles. The summed E-state index contributed by atoms with van der Waals surface area (Å²) in [6.07, 6.45) is 2.52. The molecular weight excluding hydrogens is 158 g/mol. The highest BCUT2D eigenvalue weighted by Gasteiger charge is 2.02. The Morgan fingerprint density at radius 3 is 2.67 bits per heavy atom. The van der Waals surface area contributed by atoms with Crippen molar-refractivity contribution < 1.29 is 8.78 Å².